The van der Waals surface area contributed by atoms with Crippen molar-refractivity contribution >= 4 is 29.2 Å². The molecule has 0 saturated carbocycles. The number of H-pyrrole nitrogens is 1. The van der Waals surface area contributed by atoms with Crippen molar-refractivity contribution in [3.63, 3.8) is 0 Å². The zero-order valence-electron chi connectivity index (χ0n) is 11.5. The average molecular weight is 308 g/mol. The summed E-state index contributed by atoms with van der Waals surface area (Å²) in [7, 11) is 0. The number of para-hydroxylation sites is 1. The first-order valence-electron chi connectivity index (χ1n) is 6.86. The van der Waals surface area contributed by atoms with Gasteiger partial charge in [0.1, 0.15) is 0 Å². The maximum absolute atomic E-state index is 12.0. The number of amides is 1. The van der Waals surface area contributed by atoms with Crippen LogP contribution in [-0.4, -0.2) is 23.5 Å². The van der Waals surface area contributed by atoms with Crippen molar-refractivity contribution in [3.8, 4) is 0 Å². The Bertz CT molecular complexity index is 693. The topological polar surface area (TPSA) is 74.0 Å². The zero-order valence-corrected chi connectivity index (χ0v) is 12.3. The summed E-state index contributed by atoms with van der Waals surface area (Å²) in [5.41, 5.74) is 1.49. The summed E-state index contributed by atoms with van der Waals surface area (Å²) in [5, 5.41) is 7.03. The molecule has 1 unspecified atom stereocenters. The largest absolute Gasteiger partial charge is 0.351 e. The lowest BCUT2D eigenvalue weighted by molar-refractivity contribution is -0.122. The highest BCUT2D eigenvalue weighted by Crippen LogP contribution is 2.14. The van der Waals surface area contributed by atoms with Gasteiger partial charge in [-0.1, -0.05) is 18.2 Å². The van der Waals surface area contributed by atoms with E-state index in [1.54, 1.807) is 6.07 Å². The fraction of sp³-hybridized carbons (Fsp3) is 0.333. The Labute approximate surface area is 128 Å². The highest BCUT2D eigenvalue weighted by atomic mass is 35.5. The molecule has 1 aliphatic rings. The van der Waals surface area contributed by atoms with Gasteiger partial charge in [-0.25, -0.2) is 0 Å². The number of nitrogens with one attached hydrogen (secondary N) is 3. The van der Waals surface area contributed by atoms with Crippen LogP contribution in [0.3, 0.4) is 0 Å². The van der Waals surface area contributed by atoms with Crippen LogP contribution in [0.25, 0.3) is 10.9 Å². The molecule has 21 heavy (non-hydrogen) atoms. The van der Waals surface area contributed by atoms with Crippen molar-refractivity contribution in [2.24, 2.45) is 0 Å². The Balaban J connectivity index is 0.00000161. The van der Waals surface area contributed by atoms with Gasteiger partial charge in [-0.2, -0.15) is 0 Å². The van der Waals surface area contributed by atoms with E-state index < -0.39 is 0 Å². The molecule has 1 fully saturated rings. The fourth-order valence-corrected chi connectivity index (χ4v) is 2.64. The smallest absolute Gasteiger partial charge is 0.248 e. The number of pyridine rings is 1. The number of rotatable bonds is 3. The molecule has 1 aromatic carbocycles. The predicted molar refractivity (Wildman–Crippen MR) is 84.7 cm³/mol. The van der Waals surface area contributed by atoms with Gasteiger partial charge < -0.3 is 15.6 Å². The molecule has 1 aliphatic heterocycles. The van der Waals surface area contributed by atoms with E-state index in [1.165, 1.54) is 0 Å². The second kappa shape index (κ2) is 6.74. The van der Waals surface area contributed by atoms with E-state index in [-0.39, 0.29) is 29.9 Å². The van der Waals surface area contributed by atoms with Crippen LogP contribution in [0.2, 0.25) is 0 Å². The van der Waals surface area contributed by atoms with Gasteiger partial charge >= 0.3 is 0 Å². The van der Waals surface area contributed by atoms with Gasteiger partial charge in [0.15, 0.2) is 0 Å². The molecule has 6 heteroatoms. The molecule has 2 aromatic rings. The van der Waals surface area contributed by atoms with Crippen LogP contribution in [0.15, 0.2) is 35.1 Å². The summed E-state index contributed by atoms with van der Waals surface area (Å²) >= 11 is 0. The molecule has 1 aromatic heterocycles. The molecule has 0 radical (unpaired) electrons. The quantitative estimate of drug-likeness (QED) is 0.800. The Morgan fingerprint density at radius 3 is 2.90 bits per heavy atom. The first-order valence-corrected chi connectivity index (χ1v) is 6.86. The molecule has 0 bridgehead atoms. The van der Waals surface area contributed by atoms with Gasteiger partial charge in [-0.05, 0) is 31.0 Å². The van der Waals surface area contributed by atoms with E-state index >= 15 is 0 Å². The minimum absolute atomic E-state index is 0. The molecule has 3 rings (SSSR count). The van der Waals surface area contributed by atoms with Crippen LogP contribution >= 0.6 is 12.4 Å². The Hall–Kier alpha value is -1.85. The maximum atomic E-state index is 12.0. The number of hydrogen-bond donors (Lipinski definition) is 3. The summed E-state index contributed by atoms with van der Waals surface area (Å²) in [4.78, 5) is 26.4. The summed E-state index contributed by atoms with van der Waals surface area (Å²) < 4.78 is 0. The van der Waals surface area contributed by atoms with E-state index in [0.717, 1.165) is 35.9 Å². The summed E-state index contributed by atoms with van der Waals surface area (Å²) in [5.74, 6) is 0.00635. The second-order valence-electron chi connectivity index (χ2n) is 5.07. The lowest BCUT2D eigenvalue weighted by Gasteiger charge is -2.12. The Kier molecular flexibility index (Phi) is 4.98. The lowest BCUT2D eigenvalue weighted by atomic mass is 10.1. The number of aromatic amines is 1. The molecule has 2 heterocycles. The first kappa shape index (κ1) is 15.5. The van der Waals surface area contributed by atoms with E-state index in [2.05, 4.69) is 15.6 Å². The Morgan fingerprint density at radius 1 is 1.33 bits per heavy atom. The van der Waals surface area contributed by atoms with Crippen LogP contribution in [0.4, 0.5) is 0 Å². The molecule has 5 nitrogen and oxygen atoms in total. The van der Waals surface area contributed by atoms with E-state index in [9.17, 15) is 9.59 Å². The molecule has 112 valence electrons. The Morgan fingerprint density at radius 2 is 2.14 bits per heavy atom. The average Bonchev–Trinajstić information content (AvgIpc) is 2.98. The number of halogens is 1. The van der Waals surface area contributed by atoms with Crippen LogP contribution < -0.4 is 16.2 Å². The van der Waals surface area contributed by atoms with E-state index in [0.29, 0.717) is 6.54 Å². The van der Waals surface area contributed by atoms with Gasteiger partial charge in [0.05, 0.1) is 6.04 Å². The van der Waals surface area contributed by atoms with Crippen molar-refractivity contribution in [1.82, 2.24) is 15.6 Å². The number of aromatic nitrogens is 1. The van der Waals surface area contributed by atoms with Crippen molar-refractivity contribution in [2.75, 3.05) is 6.54 Å². The van der Waals surface area contributed by atoms with Crippen molar-refractivity contribution in [2.45, 2.75) is 25.4 Å². The minimum atomic E-state index is -0.146. The third-order valence-electron chi connectivity index (χ3n) is 3.67. The molecule has 3 N–H and O–H groups in total. The van der Waals surface area contributed by atoms with Crippen LogP contribution in [0, 0.1) is 0 Å². The lowest BCUT2D eigenvalue weighted by Crippen LogP contribution is -2.40. The fourth-order valence-electron chi connectivity index (χ4n) is 2.64. The van der Waals surface area contributed by atoms with Crippen LogP contribution in [-0.2, 0) is 11.3 Å². The SMILES string of the molecule is Cl.O=C(NCc1cc(=O)[nH]c2ccccc12)C1CCCN1. The van der Waals surface area contributed by atoms with Gasteiger partial charge in [-0.3, -0.25) is 9.59 Å². The molecule has 1 amide bonds. The highest BCUT2D eigenvalue weighted by molar-refractivity contribution is 5.85. The number of carbonyl (C=O) groups excluding carboxylic acids is 1. The summed E-state index contributed by atoms with van der Waals surface area (Å²) in [6.45, 7) is 1.27. The van der Waals surface area contributed by atoms with Crippen molar-refractivity contribution < 1.29 is 4.79 Å². The normalized spacial score (nSPS) is 17.4. The second-order valence-corrected chi connectivity index (χ2v) is 5.07. The predicted octanol–water partition coefficient (Wildman–Crippen LogP) is 1.32. The number of hydrogen-bond acceptors (Lipinski definition) is 3. The molecule has 1 saturated heterocycles. The third kappa shape index (κ3) is 3.43. The molecular weight excluding hydrogens is 290 g/mol. The van der Waals surface area contributed by atoms with Gasteiger partial charge in [0.25, 0.3) is 0 Å². The van der Waals surface area contributed by atoms with Crippen LogP contribution in [0.1, 0.15) is 18.4 Å². The minimum Gasteiger partial charge on any atom is -0.351 e. The molecule has 0 aliphatic carbocycles. The highest BCUT2D eigenvalue weighted by Gasteiger charge is 2.21. The number of benzene rings is 1. The van der Waals surface area contributed by atoms with Gasteiger partial charge in [0, 0.05) is 23.5 Å². The molecule has 0 spiro atoms. The summed E-state index contributed by atoms with van der Waals surface area (Å²) in [6.07, 6.45) is 1.91. The van der Waals surface area contributed by atoms with Crippen molar-refractivity contribution in [1.29, 1.82) is 0 Å². The van der Waals surface area contributed by atoms with E-state index in [1.807, 2.05) is 24.3 Å². The first-order chi connectivity index (χ1) is 9.74. The van der Waals surface area contributed by atoms with Crippen molar-refractivity contribution in [3.05, 3.63) is 46.2 Å². The van der Waals surface area contributed by atoms with Crippen LogP contribution in [0.5, 0.6) is 0 Å². The van der Waals surface area contributed by atoms with Gasteiger partial charge in [-0.15, -0.1) is 12.4 Å². The number of fused-ring (bicyclic) bond motifs is 1. The third-order valence-corrected chi connectivity index (χ3v) is 3.67. The molecular formula is C15H18ClN3O2. The number of carbonyl (C=O) groups is 1. The monoisotopic (exact) mass is 307 g/mol. The zero-order chi connectivity index (χ0) is 13.9. The maximum Gasteiger partial charge on any atom is 0.248 e. The molecule has 1 atom stereocenters. The van der Waals surface area contributed by atoms with Gasteiger partial charge in [0.2, 0.25) is 11.5 Å². The van der Waals surface area contributed by atoms with E-state index in [4.69, 9.17) is 0 Å². The summed E-state index contributed by atoms with van der Waals surface area (Å²) in [6, 6.07) is 9.06. The standard InChI is InChI=1S/C15H17N3O2.ClH/c19-14-8-10(11-4-1-2-5-12(11)18-14)9-17-15(20)13-6-3-7-16-13;/h1-2,4-5,8,13,16H,3,6-7,9H2,(H,17,20)(H,18,19);1H.